The second-order valence-corrected chi connectivity index (χ2v) is 9.52. The van der Waals surface area contributed by atoms with Crippen LogP contribution in [0.15, 0.2) is 108 Å². The highest BCUT2D eigenvalue weighted by atomic mass is 35.5. The van der Waals surface area contributed by atoms with Gasteiger partial charge in [-0.15, -0.1) is 0 Å². The van der Waals surface area contributed by atoms with Crippen LogP contribution in [0, 0.1) is 5.82 Å². The van der Waals surface area contributed by atoms with Crippen LogP contribution in [0.5, 0.6) is 0 Å². The summed E-state index contributed by atoms with van der Waals surface area (Å²) in [5.74, 6) is -0.0304. The van der Waals surface area contributed by atoms with Gasteiger partial charge in [-0.2, -0.15) is 0 Å². The first-order chi connectivity index (χ1) is 18.9. The van der Waals surface area contributed by atoms with E-state index in [2.05, 4.69) is 5.32 Å². The quantitative estimate of drug-likeness (QED) is 0.234. The minimum Gasteiger partial charge on any atom is -0.310 e. The third-order valence-electron chi connectivity index (χ3n) is 6.50. The van der Waals surface area contributed by atoms with E-state index in [1.54, 1.807) is 59.5 Å². The van der Waals surface area contributed by atoms with Gasteiger partial charge in [-0.1, -0.05) is 61.0 Å². The highest BCUT2D eigenvalue weighted by Crippen LogP contribution is 2.29. The molecule has 0 aliphatic rings. The summed E-state index contributed by atoms with van der Waals surface area (Å²) in [6.07, 6.45) is 0.465. The molecule has 0 spiro atoms. The molecule has 2 amide bonds. The van der Waals surface area contributed by atoms with E-state index in [1.165, 1.54) is 16.7 Å². The number of hydrogen-bond acceptors (Lipinski definition) is 3. The largest absolute Gasteiger partial charge is 0.322 e. The number of rotatable bonds is 7. The molecule has 196 valence electrons. The summed E-state index contributed by atoms with van der Waals surface area (Å²) in [7, 11) is 0. The molecule has 1 unspecified atom stereocenters. The lowest BCUT2D eigenvalue weighted by molar-refractivity contribution is 0.177. The molecule has 0 saturated heterocycles. The van der Waals surface area contributed by atoms with Crippen LogP contribution in [-0.4, -0.2) is 20.5 Å². The zero-order valence-electron chi connectivity index (χ0n) is 21.2. The van der Waals surface area contributed by atoms with Gasteiger partial charge in [0.25, 0.3) is 5.56 Å². The number of carbonyl (C=O) groups is 1. The Bertz CT molecular complexity index is 1660. The van der Waals surface area contributed by atoms with Crippen LogP contribution in [0.3, 0.4) is 0 Å². The number of benzene rings is 4. The van der Waals surface area contributed by atoms with Gasteiger partial charge >= 0.3 is 6.03 Å². The van der Waals surface area contributed by atoms with Crippen molar-refractivity contribution < 1.29 is 9.18 Å². The van der Waals surface area contributed by atoms with Gasteiger partial charge in [-0.05, 0) is 72.6 Å². The Hall–Kier alpha value is -4.49. The summed E-state index contributed by atoms with van der Waals surface area (Å²) < 4.78 is 15.3. The maximum atomic E-state index is 13.8. The summed E-state index contributed by atoms with van der Waals surface area (Å²) in [5.41, 5.74) is 2.19. The molecule has 0 radical (unpaired) electrons. The molecule has 1 atom stereocenters. The van der Waals surface area contributed by atoms with Crippen LogP contribution >= 0.6 is 11.6 Å². The number of urea groups is 1. The molecule has 39 heavy (non-hydrogen) atoms. The van der Waals surface area contributed by atoms with Crippen molar-refractivity contribution in [2.24, 2.45) is 0 Å². The van der Waals surface area contributed by atoms with Crippen LogP contribution in [0.25, 0.3) is 16.6 Å². The standard InChI is InChI=1S/C31H26ClFN4O2/c1-2-28(36(20-21-8-4-3-5-9-21)31(39)34-24-16-12-22(32)13-17-24)29-35-27-11-7-6-10-26(27)30(38)37(29)25-18-14-23(33)15-19-25/h3-19,28H,2,20H2,1H3,(H,34,39). The number of para-hydroxylation sites is 1. The van der Waals surface area contributed by atoms with Gasteiger partial charge in [0.1, 0.15) is 11.6 Å². The highest BCUT2D eigenvalue weighted by molar-refractivity contribution is 6.30. The van der Waals surface area contributed by atoms with Crippen molar-refractivity contribution in [3.8, 4) is 5.69 Å². The first-order valence-electron chi connectivity index (χ1n) is 12.6. The second-order valence-electron chi connectivity index (χ2n) is 9.08. The molecule has 1 N–H and O–H groups in total. The predicted molar refractivity (Wildman–Crippen MR) is 153 cm³/mol. The van der Waals surface area contributed by atoms with E-state index < -0.39 is 11.9 Å². The number of nitrogens with zero attached hydrogens (tertiary/aromatic N) is 3. The molecule has 5 rings (SSSR count). The third kappa shape index (κ3) is 5.68. The second kappa shape index (κ2) is 11.5. The first-order valence-corrected chi connectivity index (χ1v) is 13.0. The van der Waals surface area contributed by atoms with Gasteiger partial charge in [0.15, 0.2) is 0 Å². The van der Waals surface area contributed by atoms with Crippen LogP contribution in [0.2, 0.25) is 5.02 Å². The van der Waals surface area contributed by atoms with Crippen LogP contribution in [-0.2, 0) is 6.54 Å². The molecular formula is C31H26ClFN4O2. The Labute approximate surface area is 230 Å². The lowest BCUT2D eigenvalue weighted by Gasteiger charge is -2.32. The number of halogens is 2. The smallest absolute Gasteiger partial charge is 0.310 e. The molecule has 0 aliphatic heterocycles. The van der Waals surface area contributed by atoms with Gasteiger partial charge < -0.3 is 10.2 Å². The number of anilines is 1. The average molecular weight is 541 g/mol. The van der Waals surface area contributed by atoms with Gasteiger partial charge in [-0.3, -0.25) is 9.36 Å². The van der Waals surface area contributed by atoms with E-state index in [9.17, 15) is 14.0 Å². The molecular weight excluding hydrogens is 515 g/mol. The summed E-state index contributed by atoms with van der Waals surface area (Å²) >= 11 is 6.03. The summed E-state index contributed by atoms with van der Waals surface area (Å²) in [5, 5.41) is 3.95. The molecule has 8 heteroatoms. The third-order valence-corrected chi connectivity index (χ3v) is 6.75. The van der Waals surface area contributed by atoms with Gasteiger partial charge in [-0.25, -0.2) is 14.2 Å². The lowest BCUT2D eigenvalue weighted by Crippen LogP contribution is -2.40. The zero-order chi connectivity index (χ0) is 27.4. The number of nitrogens with one attached hydrogen (secondary N) is 1. The van der Waals surface area contributed by atoms with Crippen molar-refractivity contribution in [3.05, 3.63) is 136 Å². The fourth-order valence-corrected chi connectivity index (χ4v) is 4.71. The first kappa shape index (κ1) is 26.1. The van der Waals surface area contributed by atoms with E-state index in [4.69, 9.17) is 16.6 Å². The van der Waals surface area contributed by atoms with Crippen molar-refractivity contribution >= 4 is 34.2 Å². The number of carbonyl (C=O) groups excluding carboxylic acids is 1. The Morgan fingerprint density at radius 2 is 1.62 bits per heavy atom. The molecule has 0 bridgehead atoms. The SMILES string of the molecule is CCC(c1nc2ccccc2c(=O)n1-c1ccc(F)cc1)N(Cc1ccccc1)C(=O)Nc1ccc(Cl)cc1. The molecule has 0 fully saturated rings. The molecule has 6 nitrogen and oxygen atoms in total. The van der Waals surface area contributed by atoms with Crippen molar-refractivity contribution in [2.45, 2.75) is 25.9 Å². The van der Waals surface area contributed by atoms with E-state index in [0.29, 0.717) is 39.5 Å². The Balaban J connectivity index is 1.67. The molecule has 0 saturated carbocycles. The minimum absolute atomic E-state index is 0.269. The van der Waals surface area contributed by atoms with Crippen LogP contribution in [0.1, 0.15) is 30.8 Å². The molecule has 5 aromatic rings. The highest BCUT2D eigenvalue weighted by Gasteiger charge is 2.29. The predicted octanol–water partition coefficient (Wildman–Crippen LogP) is 7.36. The van der Waals surface area contributed by atoms with Crippen molar-refractivity contribution in [1.29, 1.82) is 0 Å². The molecule has 1 heterocycles. The Kier molecular flexibility index (Phi) is 7.70. The van der Waals surface area contributed by atoms with Crippen molar-refractivity contribution in [3.63, 3.8) is 0 Å². The van der Waals surface area contributed by atoms with Crippen molar-refractivity contribution in [2.75, 3.05) is 5.32 Å². The van der Waals surface area contributed by atoms with Crippen molar-refractivity contribution in [1.82, 2.24) is 14.5 Å². The Morgan fingerprint density at radius 3 is 2.31 bits per heavy atom. The maximum absolute atomic E-state index is 13.8. The Morgan fingerprint density at radius 1 is 0.949 bits per heavy atom. The number of hydrogen-bond donors (Lipinski definition) is 1. The lowest BCUT2D eigenvalue weighted by atomic mass is 10.1. The van der Waals surface area contributed by atoms with Crippen LogP contribution < -0.4 is 10.9 Å². The number of amides is 2. The summed E-state index contributed by atoms with van der Waals surface area (Å²) in [6.45, 7) is 2.21. The number of aromatic nitrogens is 2. The van der Waals surface area contributed by atoms with E-state index in [1.807, 2.05) is 43.3 Å². The van der Waals surface area contributed by atoms with E-state index >= 15 is 0 Å². The molecule has 1 aromatic heterocycles. The number of fused-ring (bicyclic) bond motifs is 1. The topological polar surface area (TPSA) is 67.2 Å². The average Bonchev–Trinajstić information content (AvgIpc) is 2.95. The summed E-state index contributed by atoms with van der Waals surface area (Å²) in [6, 6.07) is 28.3. The monoisotopic (exact) mass is 540 g/mol. The van der Waals surface area contributed by atoms with Gasteiger partial charge in [0, 0.05) is 17.3 Å². The van der Waals surface area contributed by atoms with Gasteiger partial charge in [0.05, 0.1) is 22.6 Å². The summed E-state index contributed by atoms with van der Waals surface area (Å²) in [4.78, 5) is 34.2. The van der Waals surface area contributed by atoms with E-state index in [0.717, 1.165) is 5.56 Å². The molecule has 4 aromatic carbocycles. The zero-order valence-corrected chi connectivity index (χ0v) is 22.0. The maximum Gasteiger partial charge on any atom is 0.322 e. The fraction of sp³-hybridized carbons (Fsp3) is 0.129. The normalized spacial score (nSPS) is 11.8. The van der Waals surface area contributed by atoms with Crippen LogP contribution in [0.4, 0.5) is 14.9 Å². The minimum atomic E-state index is -0.597. The molecule has 0 aliphatic carbocycles. The van der Waals surface area contributed by atoms with E-state index in [-0.39, 0.29) is 18.1 Å². The fourth-order valence-electron chi connectivity index (χ4n) is 4.59. The van der Waals surface area contributed by atoms with Gasteiger partial charge in [0.2, 0.25) is 0 Å².